The Labute approximate surface area is 202 Å². The first-order valence-electron chi connectivity index (χ1n) is 10.3. The van der Waals surface area contributed by atoms with Gasteiger partial charge in [0.15, 0.2) is 0 Å². The van der Waals surface area contributed by atoms with Crippen molar-refractivity contribution in [2.24, 2.45) is 0 Å². The summed E-state index contributed by atoms with van der Waals surface area (Å²) in [4.78, 5) is 8.95. The number of benzene rings is 2. The van der Waals surface area contributed by atoms with Crippen LogP contribution in [0.2, 0.25) is 0 Å². The highest BCUT2D eigenvalue weighted by Gasteiger charge is 2.39. The number of sulfonamides is 1. The van der Waals surface area contributed by atoms with Crippen LogP contribution in [-0.2, 0) is 35.5 Å². The maximum absolute atomic E-state index is 13.8. The van der Waals surface area contributed by atoms with Gasteiger partial charge in [-0.2, -0.15) is 31.3 Å². The van der Waals surface area contributed by atoms with Crippen LogP contribution >= 0.6 is 0 Å². The number of anilines is 4. The fourth-order valence-corrected chi connectivity index (χ4v) is 4.33. The molecule has 0 fully saturated rings. The molecule has 0 bridgehead atoms. The SMILES string of the molecule is CN(c1cccc2c1CN(c1nc(Nc3cccc(C(F)(F)F)c3)ncc1C(F)(F)F)C2)S(C)(=O)=O. The fourth-order valence-electron chi connectivity index (χ4n) is 3.80. The molecule has 1 aromatic heterocycles. The summed E-state index contributed by atoms with van der Waals surface area (Å²) in [5, 5.41) is 2.53. The lowest BCUT2D eigenvalue weighted by molar-refractivity contribution is -0.138. The molecule has 3 aromatic rings. The second-order valence-corrected chi connectivity index (χ2v) is 10.1. The molecule has 14 heteroatoms. The monoisotopic (exact) mass is 531 g/mol. The molecule has 0 atom stereocenters. The maximum atomic E-state index is 13.8. The Kier molecular flexibility index (Phi) is 6.27. The van der Waals surface area contributed by atoms with Crippen molar-refractivity contribution in [1.82, 2.24) is 9.97 Å². The molecule has 4 rings (SSSR count). The van der Waals surface area contributed by atoms with Crippen molar-refractivity contribution >= 4 is 33.2 Å². The number of hydrogen-bond acceptors (Lipinski definition) is 6. The third-order valence-corrected chi connectivity index (χ3v) is 6.81. The fraction of sp³-hybridized carbons (Fsp3) is 0.273. The average Bonchev–Trinajstić information content (AvgIpc) is 3.21. The first-order valence-corrected chi connectivity index (χ1v) is 12.2. The highest BCUT2D eigenvalue weighted by atomic mass is 32.2. The van der Waals surface area contributed by atoms with Gasteiger partial charge in [0.05, 0.1) is 17.5 Å². The third-order valence-electron chi connectivity index (χ3n) is 5.61. The topological polar surface area (TPSA) is 78.4 Å². The van der Waals surface area contributed by atoms with Gasteiger partial charge in [0.25, 0.3) is 0 Å². The Bertz CT molecular complexity index is 1410. The van der Waals surface area contributed by atoms with Crippen LogP contribution in [0.1, 0.15) is 22.3 Å². The molecule has 0 saturated heterocycles. The van der Waals surface area contributed by atoms with Gasteiger partial charge in [0.1, 0.15) is 11.4 Å². The summed E-state index contributed by atoms with van der Waals surface area (Å²) in [6.07, 6.45) is -7.85. The maximum Gasteiger partial charge on any atom is 0.421 e. The van der Waals surface area contributed by atoms with E-state index in [2.05, 4.69) is 15.3 Å². The Morgan fingerprint density at radius 2 is 1.69 bits per heavy atom. The summed E-state index contributed by atoms with van der Waals surface area (Å²) in [5.41, 5.74) is -0.688. The molecule has 0 unspecified atom stereocenters. The van der Waals surface area contributed by atoms with E-state index in [1.165, 1.54) is 18.0 Å². The normalized spacial score (nSPS) is 14.1. The molecule has 0 spiro atoms. The molecule has 7 nitrogen and oxygen atoms in total. The van der Waals surface area contributed by atoms with Crippen LogP contribution in [0.4, 0.5) is 49.5 Å². The number of alkyl halides is 6. The van der Waals surface area contributed by atoms with E-state index in [0.717, 1.165) is 28.8 Å². The van der Waals surface area contributed by atoms with Gasteiger partial charge < -0.3 is 10.2 Å². The molecule has 0 radical (unpaired) electrons. The van der Waals surface area contributed by atoms with Crippen LogP contribution in [0, 0.1) is 0 Å². The van der Waals surface area contributed by atoms with E-state index in [4.69, 9.17) is 0 Å². The van der Waals surface area contributed by atoms with E-state index in [9.17, 15) is 34.8 Å². The molecule has 0 saturated carbocycles. The third kappa shape index (κ3) is 5.17. The summed E-state index contributed by atoms with van der Waals surface area (Å²) in [6, 6.07) is 8.92. The van der Waals surface area contributed by atoms with Crippen molar-refractivity contribution < 1.29 is 34.8 Å². The average molecular weight is 531 g/mol. The van der Waals surface area contributed by atoms with E-state index in [1.807, 2.05) is 0 Å². The van der Waals surface area contributed by atoms with Gasteiger partial charge >= 0.3 is 12.4 Å². The minimum absolute atomic E-state index is 0.00384. The zero-order valence-corrected chi connectivity index (χ0v) is 19.6. The van der Waals surface area contributed by atoms with Gasteiger partial charge in [-0.3, -0.25) is 4.31 Å². The second-order valence-electron chi connectivity index (χ2n) is 8.13. The van der Waals surface area contributed by atoms with Gasteiger partial charge in [-0.15, -0.1) is 0 Å². The smallest absolute Gasteiger partial charge is 0.347 e. The van der Waals surface area contributed by atoms with Gasteiger partial charge in [-0.1, -0.05) is 18.2 Å². The first kappa shape index (κ1) is 25.5. The van der Waals surface area contributed by atoms with Crippen molar-refractivity contribution in [3.63, 3.8) is 0 Å². The molecule has 1 N–H and O–H groups in total. The van der Waals surface area contributed by atoms with Gasteiger partial charge in [-0.05, 0) is 29.8 Å². The predicted octanol–water partition coefficient (Wildman–Crippen LogP) is 5.17. The zero-order chi connectivity index (χ0) is 26.5. The summed E-state index contributed by atoms with van der Waals surface area (Å²) >= 11 is 0. The van der Waals surface area contributed by atoms with Crippen molar-refractivity contribution in [3.05, 3.63) is 70.9 Å². The Hall–Kier alpha value is -3.55. The number of rotatable bonds is 5. The lowest BCUT2D eigenvalue weighted by atomic mass is 10.1. The highest BCUT2D eigenvalue weighted by molar-refractivity contribution is 7.92. The number of nitrogens with one attached hydrogen (secondary N) is 1. The van der Waals surface area contributed by atoms with Crippen molar-refractivity contribution in [3.8, 4) is 0 Å². The lowest BCUT2D eigenvalue weighted by Crippen LogP contribution is -2.26. The molecule has 0 aliphatic carbocycles. The molecule has 2 aromatic carbocycles. The standard InChI is InChI=1S/C22H19F6N5O2S/c1-32(36(2,34)35)18-8-3-5-13-11-33(12-16(13)18)19-17(22(26,27)28)10-29-20(31-19)30-15-7-4-6-14(9-15)21(23,24)25/h3-10H,11-12H2,1-2H3,(H,29,30,31). The predicted molar refractivity (Wildman–Crippen MR) is 121 cm³/mol. The Morgan fingerprint density at radius 3 is 2.33 bits per heavy atom. The van der Waals surface area contributed by atoms with E-state index in [0.29, 0.717) is 23.0 Å². The molecule has 0 amide bonds. The summed E-state index contributed by atoms with van der Waals surface area (Å²) in [6.45, 7) is -0.0711. The van der Waals surface area contributed by atoms with Gasteiger partial charge in [-0.25, -0.2) is 13.4 Å². The first-order chi connectivity index (χ1) is 16.6. The number of halogens is 6. The van der Waals surface area contributed by atoms with Crippen LogP contribution in [0.3, 0.4) is 0 Å². The largest absolute Gasteiger partial charge is 0.421 e. The molecule has 1 aliphatic rings. The summed E-state index contributed by atoms with van der Waals surface area (Å²) < 4.78 is 106. The Balaban J connectivity index is 1.71. The van der Waals surface area contributed by atoms with E-state index in [-0.39, 0.29) is 24.7 Å². The molecule has 36 heavy (non-hydrogen) atoms. The minimum Gasteiger partial charge on any atom is -0.347 e. The van der Waals surface area contributed by atoms with E-state index < -0.39 is 39.3 Å². The van der Waals surface area contributed by atoms with Crippen molar-refractivity contribution in [2.75, 3.05) is 27.8 Å². The molecular formula is C22H19F6N5O2S. The highest BCUT2D eigenvalue weighted by Crippen LogP contribution is 2.41. The second kappa shape index (κ2) is 8.84. The van der Waals surface area contributed by atoms with E-state index in [1.54, 1.807) is 18.2 Å². The molecule has 2 heterocycles. The van der Waals surface area contributed by atoms with Gasteiger partial charge in [0.2, 0.25) is 16.0 Å². The van der Waals surface area contributed by atoms with Crippen molar-refractivity contribution in [2.45, 2.75) is 25.4 Å². The van der Waals surface area contributed by atoms with Crippen molar-refractivity contribution in [1.29, 1.82) is 0 Å². The number of hydrogen-bond donors (Lipinski definition) is 1. The molecular weight excluding hydrogens is 512 g/mol. The quantitative estimate of drug-likeness (QED) is 0.458. The van der Waals surface area contributed by atoms with Crippen LogP contribution in [0.25, 0.3) is 0 Å². The number of aromatic nitrogens is 2. The Morgan fingerprint density at radius 1 is 1.00 bits per heavy atom. The molecule has 1 aliphatic heterocycles. The number of fused-ring (bicyclic) bond motifs is 1. The number of nitrogens with zero attached hydrogens (tertiary/aromatic N) is 4. The van der Waals surface area contributed by atoms with Crippen LogP contribution in [0.15, 0.2) is 48.7 Å². The minimum atomic E-state index is -4.81. The summed E-state index contributed by atoms with van der Waals surface area (Å²) in [7, 11) is -2.28. The van der Waals surface area contributed by atoms with Crippen LogP contribution in [0.5, 0.6) is 0 Å². The van der Waals surface area contributed by atoms with Crippen LogP contribution < -0.4 is 14.5 Å². The summed E-state index contributed by atoms with van der Waals surface area (Å²) in [5.74, 6) is -0.821. The zero-order valence-electron chi connectivity index (χ0n) is 18.8. The van der Waals surface area contributed by atoms with Crippen LogP contribution in [-0.4, -0.2) is 31.7 Å². The van der Waals surface area contributed by atoms with Gasteiger partial charge in [0, 0.05) is 37.6 Å². The lowest BCUT2D eigenvalue weighted by Gasteiger charge is -2.23. The van der Waals surface area contributed by atoms with E-state index >= 15 is 0 Å². The molecule has 192 valence electrons.